The first kappa shape index (κ1) is 15.4. The maximum absolute atomic E-state index is 12.4. The molecular weight excluding hydrogens is 268 g/mol. The number of hydrogen-bond acceptors (Lipinski definition) is 3. The minimum absolute atomic E-state index is 0.0176. The van der Waals surface area contributed by atoms with Crippen molar-refractivity contribution in [2.45, 2.75) is 33.6 Å². The Bertz CT molecular complexity index is 567. The van der Waals surface area contributed by atoms with Crippen LogP contribution < -0.4 is 15.0 Å². The van der Waals surface area contributed by atoms with Gasteiger partial charge in [0, 0.05) is 25.2 Å². The lowest BCUT2D eigenvalue weighted by atomic mass is 9.93. The summed E-state index contributed by atoms with van der Waals surface area (Å²) < 4.78 is 5.77. The molecule has 5 nitrogen and oxygen atoms in total. The number of carbonyl (C=O) groups is 2. The summed E-state index contributed by atoms with van der Waals surface area (Å²) in [6, 6.07) is 5.36. The summed E-state index contributed by atoms with van der Waals surface area (Å²) in [5.41, 5.74) is 0.839. The van der Waals surface area contributed by atoms with Gasteiger partial charge < -0.3 is 15.0 Å². The molecule has 0 saturated heterocycles. The summed E-state index contributed by atoms with van der Waals surface area (Å²) in [6.07, 6.45) is 1.29. The van der Waals surface area contributed by atoms with Gasteiger partial charge in [0.05, 0.1) is 11.1 Å². The SMILES string of the molecule is CCCC(=O)Nc1ccc2c(c1)OCC(C)(C)C(=O)N2C. The highest BCUT2D eigenvalue weighted by molar-refractivity contribution is 5.99. The Morgan fingerprint density at radius 3 is 2.81 bits per heavy atom. The predicted octanol–water partition coefficient (Wildman–Crippen LogP) is 2.81. The van der Waals surface area contributed by atoms with Crippen molar-refractivity contribution >= 4 is 23.2 Å². The summed E-state index contributed by atoms with van der Waals surface area (Å²) in [4.78, 5) is 25.6. The Hall–Kier alpha value is -2.04. The Morgan fingerprint density at radius 1 is 1.43 bits per heavy atom. The van der Waals surface area contributed by atoms with Crippen molar-refractivity contribution in [2.24, 2.45) is 5.41 Å². The van der Waals surface area contributed by atoms with Gasteiger partial charge in [-0.15, -0.1) is 0 Å². The monoisotopic (exact) mass is 290 g/mol. The zero-order valence-corrected chi connectivity index (χ0v) is 13.0. The summed E-state index contributed by atoms with van der Waals surface area (Å²) in [5.74, 6) is 0.616. The fraction of sp³-hybridized carbons (Fsp3) is 0.500. The van der Waals surface area contributed by atoms with E-state index in [4.69, 9.17) is 4.74 Å². The molecule has 21 heavy (non-hydrogen) atoms. The molecular formula is C16H22N2O3. The van der Waals surface area contributed by atoms with E-state index in [0.717, 1.165) is 12.1 Å². The van der Waals surface area contributed by atoms with Crippen LogP contribution in [0.4, 0.5) is 11.4 Å². The van der Waals surface area contributed by atoms with Gasteiger partial charge in [-0.3, -0.25) is 9.59 Å². The van der Waals surface area contributed by atoms with Crippen LogP contribution >= 0.6 is 0 Å². The number of nitrogens with zero attached hydrogens (tertiary/aromatic N) is 1. The molecule has 1 aliphatic rings. The van der Waals surface area contributed by atoms with E-state index in [9.17, 15) is 9.59 Å². The smallest absolute Gasteiger partial charge is 0.235 e. The Kier molecular flexibility index (Phi) is 4.21. The highest BCUT2D eigenvalue weighted by atomic mass is 16.5. The van der Waals surface area contributed by atoms with Crippen molar-refractivity contribution in [3.63, 3.8) is 0 Å². The average Bonchev–Trinajstić information content (AvgIpc) is 2.51. The third-order valence-corrected chi connectivity index (χ3v) is 3.55. The number of rotatable bonds is 3. The van der Waals surface area contributed by atoms with Gasteiger partial charge in [-0.25, -0.2) is 0 Å². The fourth-order valence-corrected chi connectivity index (χ4v) is 2.32. The first-order valence-electron chi connectivity index (χ1n) is 7.20. The van der Waals surface area contributed by atoms with E-state index in [1.165, 1.54) is 0 Å². The van der Waals surface area contributed by atoms with Crippen molar-refractivity contribution in [3.8, 4) is 5.75 Å². The molecule has 5 heteroatoms. The third-order valence-electron chi connectivity index (χ3n) is 3.55. The molecule has 1 heterocycles. The number of hydrogen-bond donors (Lipinski definition) is 1. The van der Waals surface area contributed by atoms with E-state index in [1.807, 2.05) is 20.8 Å². The van der Waals surface area contributed by atoms with Crippen LogP contribution in [-0.2, 0) is 9.59 Å². The van der Waals surface area contributed by atoms with E-state index in [1.54, 1.807) is 30.1 Å². The van der Waals surface area contributed by atoms with Crippen molar-refractivity contribution in [1.82, 2.24) is 0 Å². The van der Waals surface area contributed by atoms with Crippen molar-refractivity contribution in [3.05, 3.63) is 18.2 Å². The first-order valence-corrected chi connectivity index (χ1v) is 7.20. The molecule has 0 fully saturated rings. The molecule has 0 radical (unpaired) electrons. The van der Waals surface area contributed by atoms with Crippen molar-refractivity contribution in [1.29, 1.82) is 0 Å². The average molecular weight is 290 g/mol. The summed E-state index contributed by atoms with van der Waals surface area (Å²) in [7, 11) is 1.74. The van der Waals surface area contributed by atoms with Crippen LogP contribution in [0.25, 0.3) is 0 Å². The highest BCUT2D eigenvalue weighted by Crippen LogP contribution is 2.37. The molecule has 2 rings (SSSR count). The van der Waals surface area contributed by atoms with Crippen LogP contribution in [0.5, 0.6) is 5.75 Å². The number of anilines is 2. The van der Waals surface area contributed by atoms with Crippen LogP contribution in [0.1, 0.15) is 33.6 Å². The predicted molar refractivity (Wildman–Crippen MR) is 82.7 cm³/mol. The lowest BCUT2D eigenvalue weighted by molar-refractivity contribution is -0.127. The minimum atomic E-state index is -0.570. The van der Waals surface area contributed by atoms with E-state index in [2.05, 4.69) is 5.32 Å². The molecule has 0 atom stereocenters. The van der Waals surface area contributed by atoms with Gasteiger partial charge >= 0.3 is 0 Å². The van der Waals surface area contributed by atoms with Crippen LogP contribution in [0, 0.1) is 5.41 Å². The Labute approximate surface area is 125 Å². The second-order valence-corrected chi connectivity index (χ2v) is 6.02. The van der Waals surface area contributed by atoms with Crippen LogP contribution in [0.2, 0.25) is 0 Å². The Morgan fingerprint density at radius 2 is 2.14 bits per heavy atom. The number of amides is 2. The molecule has 0 saturated carbocycles. The van der Waals surface area contributed by atoms with Gasteiger partial charge in [0.1, 0.15) is 12.4 Å². The first-order chi connectivity index (χ1) is 9.85. The van der Waals surface area contributed by atoms with Gasteiger partial charge in [0.2, 0.25) is 11.8 Å². The van der Waals surface area contributed by atoms with Gasteiger partial charge in [0.25, 0.3) is 0 Å². The lowest BCUT2D eigenvalue weighted by Gasteiger charge is -2.24. The summed E-state index contributed by atoms with van der Waals surface area (Å²) >= 11 is 0. The molecule has 1 aromatic rings. The molecule has 1 aromatic carbocycles. The van der Waals surface area contributed by atoms with Crippen molar-refractivity contribution in [2.75, 3.05) is 23.9 Å². The zero-order valence-electron chi connectivity index (χ0n) is 13.0. The van der Waals surface area contributed by atoms with E-state index >= 15 is 0 Å². The summed E-state index contributed by atoms with van der Waals surface area (Å²) in [5, 5.41) is 2.84. The largest absolute Gasteiger partial charge is 0.490 e. The second kappa shape index (κ2) is 5.76. The standard InChI is InChI=1S/C16H22N2O3/c1-5-6-14(19)17-11-7-8-12-13(9-11)21-10-16(2,3)15(20)18(12)4/h7-9H,5-6,10H2,1-4H3,(H,17,19). The maximum atomic E-state index is 12.4. The maximum Gasteiger partial charge on any atom is 0.235 e. The fourth-order valence-electron chi connectivity index (χ4n) is 2.32. The third kappa shape index (κ3) is 3.17. The van der Waals surface area contributed by atoms with Crippen LogP contribution in [0.15, 0.2) is 18.2 Å². The normalized spacial score (nSPS) is 16.8. The Balaban J connectivity index is 2.27. The van der Waals surface area contributed by atoms with Crippen LogP contribution in [0.3, 0.4) is 0 Å². The van der Waals surface area contributed by atoms with Crippen molar-refractivity contribution < 1.29 is 14.3 Å². The highest BCUT2D eigenvalue weighted by Gasteiger charge is 2.36. The second-order valence-electron chi connectivity index (χ2n) is 6.02. The van der Waals surface area contributed by atoms with Gasteiger partial charge in [-0.05, 0) is 32.4 Å². The van der Waals surface area contributed by atoms with E-state index < -0.39 is 5.41 Å². The molecule has 1 aliphatic heterocycles. The van der Waals surface area contributed by atoms with E-state index in [0.29, 0.717) is 24.5 Å². The molecule has 2 amide bonds. The molecule has 0 aliphatic carbocycles. The van der Waals surface area contributed by atoms with Gasteiger partial charge in [-0.2, -0.15) is 0 Å². The molecule has 114 valence electrons. The van der Waals surface area contributed by atoms with Crippen LogP contribution in [-0.4, -0.2) is 25.5 Å². The zero-order chi connectivity index (χ0) is 15.6. The number of fused-ring (bicyclic) bond motifs is 1. The molecule has 0 spiro atoms. The summed E-state index contributed by atoms with van der Waals surface area (Å²) in [6.45, 7) is 6.00. The quantitative estimate of drug-likeness (QED) is 0.931. The lowest BCUT2D eigenvalue weighted by Crippen LogP contribution is -2.39. The van der Waals surface area contributed by atoms with Gasteiger partial charge in [-0.1, -0.05) is 6.92 Å². The molecule has 0 unspecified atom stereocenters. The molecule has 0 aromatic heterocycles. The number of carbonyl (C=O) groups excluding carboxylic acids is 2. The molecule has 1 N–H and O–H groups in total. The molecule has 0 bridgehead atoms. The number of ether oxygens (including phenoxy) is 1. The number of benzene rings is 1. The van der Waals surface area contributed by atoms with Gasteiger partial charge in [0.15, 0.2) is 0 Å². The van der Waals surface area contributed by atoms with E-state index in [-0.39, 0.29) is 11.8 Å². The number of nitrogens with one attached hydrogen (secondary N) is 1. The minimum Gasteiger partial charge on any atom is -0.490 e. The topological polar surface area (TPSA) is 58.6 Å².